The maximum absolute atomic E-state index is 12.5. The second-order valence-corrected chi connectivity index (χ2v) is 10.3. The molecule has 2 aliphatic rings. The Morgan fingerprint density at radius 2 is 1.73 bits per heavy atom. The van der Waals surface area contributed by atoms with Crippen molar-refractivity contribution in [2.45, 2.75) is 52.2 Å². The molecule has 1 aliphatic carbocycles. The van der Waals surface area contributed by atoms with Crippen LogP contribution in [0.25, 0.3) is 0 Å². The minimum atomic E-state index is -0.526. The summed E-state index contributed by atoms with van der Waals surface area (Å²) < 4.78 is 5.81. The highest BCUT2D eigenvalue weighted by Gasteiger charge is 2.49. The van der Waals surface area contributed by atoms with Crippen LogP contribution in [0.4, 0.5) is 0 Å². The van der Waals surface area contributed by atoms with Crippen LogP contribution in [0, 0.1) is 10.8 Å². The van der Waals surface area contributed by atoms with E-state index in [1.807, 2.05) is 30.3 Å². The third-order valence-electron chi connectivity index (χ3n) is 6.56. The molecular weight excluding hydrogens is 374 g/mol. The summed E-state index contributed by atoms with van der Waals surface area (Å²) in [4.78, 5) is 15.0. The van der Waals surface area contributed by atoms with Gasteiger partial charge in [0.15, 0.2) is 5.78 Å². The molecule has 30 heavy (non-hydrogen) atoms. The molecule has 2 fully saturated rings. The van der Waals surface area contributed by atoms with Gasteiger partial charge < -0.3 is 9.84 Å². The van der Waals surface area contributed by atoms with Gasteiger partial charge in [-0.25, -0.2) is 0 Å². The molecule has 3 atom stereocenters. The molecule has 2 aromatic rings. The summed E-state index contributed by atoms with van der Waals surface area (Å²) in [6.07, 6.45) is 3.17. The number of fused-ring (bicyclic) bond motifs is 2. The van der Waals surface area contributed by atoms with E-state index in [1.54, 1.807) is 24.3 Å². The molecule has 1 heterocycles. The van der Waals surface area contributed by atoms with Crippen molar-refractivity contribution in [3.05, 3.63) is 65.7 Å². The summed E-state index contributed by atoms with van der Waals surface area (Å²) in [6.45, 7) is 9.10. The van der Waals surface area contributed by atoms with Crippen molar-refractivity contribution < 1.29 is 14.6 Å². The fourth-order valence-electron chi connectivity index (χ4n) is 5.76. The number of ether oxygens (including phenoxy) is 1. The first-order valence-electron chi connectivity index (χ1n) is 11.0. The van der Waals surface area contributed by atoms with Gasteiger partial charge in [0, 0.05) is 30.3 Å². The Kier molecular flexibility index (Phi) is 5.73. The minimum Gasteiger partial charge on any atom is -0.491 e. The van der Waals surface area contributed by atoms with Gasteiger partial charge in [0.1, 0.15) is 18.5 Å². The van der Waals surface area contributed by atoms with Crippen LogP contribution in [0.3, 0.4) is 0 Å². The Hall–Kier alpha value is -2.17. The predicted octanol–water partition coefficient (Wildman–Crippen LogP) is 4.56. The molecule has 3 unspecified atom stereocenters. The number of likely N-dealkylation sites (tertiary alicyclic amines) is 1. The zero-order chi connectivity index (χ0) is 21.4. The summed E-state index contributed by atoms with van der Waals surface area (Å²) in [7, 11) is 0. The summed E-state index contributed by atoms with van der Waals surface area (Å²) in [6, 6.07) is 17.0. The molecule has 0 aromatic heterocycles. The van der Waals surface area contributed by atoms with Gasteiger partial charge >= 0.3 is 0 Å². The van der Waals surface area contributed by atoms with Crippen LogP contribution in [0.15, 0.2) is 54.6 Å². The van der Waals surface area contributed by atoms with E-state index < -0.39 is 6.10 Å². The van der Waals surface area contributed by atoms with Crippen molar-refractivity contribution in [2.75, 3.05) is 19.7 Å². The molecule has 2 bridgehead atoms. The molecule has 4 heteroatoms. The number of hydrogen-bond acceptors (Lipinski definition) is 4. The first-order valence-corrected chi connectivity index (χ1v) is 11.0. The smallest absolute Gasteiger partial charge is 0.193 e. The molecule has 1 saturated carbocycles. The first-order chi connectivity index (χ1) is 14.2. The Bertz CT molecular complexity index is 877. The largest absolute Gasteiger partial charge is 0.491 e. The van der Waals surface area contributed by atoms with Gasteiger partial charge in [-0.05, 0) is 54.4 Å². The second-order valence-electron chi connectivity index (χ2n) is 10.3. The highest BCUT2D eigenvalue weighted by Crippen LogP contribution is 2.52. The molecule has 4 nitrogen and oxygen atoms in total. The lowest BCUT2D eigenvalue weighted by molar-refractivity contribution is 0.0584. The van der Waals surface area contributed by atoms with E-state index in [4.69, 9.17) is 4.74 Å². The summed E-state index contributed by atoms with van der Waals surface area (Å²) >= 11 is 0. The zero-order valence-corrected chi connectivity index (χ0v) is 18.3. The molecule has 0 radical (unpaired) electrons. The number of nitrogens with zero attached hydrogens (tertiary/aromatic N) is 1. The lowest BCUT2D eigenvalue weighted by atomic mass is 9.65. The molecule has 1 saturated heterocycles. The molecule has 0 spiro atoms. The lowest BCUT2D eigenvalue weighted by Gasteiger charge is -2.40. The third kappa shape index (κ3) is 4.76. The van der Waals surface area contributed by atoms with Crippen LogP contribution >= 0.6 is 0 Å². The molecule has 2 aromatic carbocycles. The van der Waals surface area contributed by atoms with Gasteiger partial charge in [0.25, 0.3) is 0 Å². The number of benzene rings is 2. The number of carbonyl (C=O) groups excluding carboxylic acids is 1. The Labute approximate surface area is 179 Å². The number of ketones is 1. The average molecular weight is 408 g/mol. The van der Waals surface area contributed by atoms with Crippen LogP contribution in [-0.4, -0.2) is 47.6 Å². The number of β-amino-alcohol motifs (C(OH)–C–C–N with tert-alkyl or cyclic N) is 1. The molecule has 0 amide bonds. The van der Waals surface area contributed by atoms with E-state index in [9.17, 15) is 9.90 Å². The van der Waals surface area contributed by atoms with E-state index in [0.29, 0.717) is 40.3 Å². The maximum atomic E-state index is 12.5. The Balaban J connectivity index is 1.29. The van der Waals surface area contributed by atoms with Crippen LogP contribution in [0.5, 0.6) is 5.75 Å². The number of aliphatic hydroxyl groups excluding tert-OH is 1. The summed E-state index contributed by atoms with van der Waals surface area (Å²) in [5.74, 6) is 0.672. The van der Waals surface area contributed by atoms with Crippen LogP contribution < -0.4 is 4.74 Å². The summed E-state index contributed by atoms with van der Waals surface area (Å²) in [5, 5.41) is 10.6. The molecule has 160 valence electrons. The molecule has 4 rings (SSSR count). The number of hydrogen-bond donors (Lipinski definition) is 1. The zero-order valence-electron chi connectivity index (χ0n) is 18.3. The number of aliphatic hydroxyl groups is 1. The maximum Gasteiger partial charge on any atom is 0.193 e. The van der Waals surface area contributed by atoms with Crippen molar-refractivity contribution in [3.8, 4) is 5.75 Å². The van der Waals surface area contributed by atoms with Crippen LogP contribution in [-0.2, 0) is 0 Å². The molecule has 1 N–H and O–H groups in total. The number of rotatable bonds is 7. The van der Waals surface area contributed by atoms with Crippen molar-refractivity contribution >= 4 is 5.78 Å². The topological polar surface area (TPSA) is 49.8 Å². The van der Waals surface area contributed by atoms with Gasteiger partial charge in [0.2, 0.25) is 0 Å². The highest BCUT2D eigenvalue weighted by atomic mass is 16.5. The fraction of sp³-hybridized carbons (Fsp3) is 0.500. The van der Waals surface area contributed by atoms with E-state index in [-0.39, 0.29) is 12.4 Å². The SMILES string of the molecule is CC1(C)CC2CC(C)(CN2CC(O)COc2ccc(C(=O)c3ccccc3)cc2)C1. The standard InChI is InChI=1S/C26H33NO3/c1-25(2)13-21-14-26(3,17-25)18-27(21)15-22(28)16-30-23-11-9-20(10-12-23)24(29)19-7-5-4-6-8-19/h4-12,21-22,28H,13-18H2,1-3H3. The first kappa shape index (κ1) is 21.1. The normalized spacial score (nSPS) is 26.3. The minimum absolute atomic E-state index is 0.00115. The van der Waals surface area contributed by atoms with E-state index in [0.717, 1.165) is 6.54 Å². The van der Waals surface area contributed by atoms with E-state index in [2.05, 4.69) is 25.7 Å². The van der Waals surface area contributed by atoms with E-state index >= 15 is 0 Å². The lowest BCUT2D eigenvalue weighted by Crippen LogP contribution is -2.39. The van der Waals surface area contributed by atoms with Crippen LogP contribution in [0.1, 0.15) is 56.0 Å². The van der Waals surface area contributed by atoms with Gasteiger partial charge in [0.05, 0.1) is 0 Å². The molecular formula is C26H33NO3. The summed E-state index contributed by atoms with van der Waals surface area (Å²) in [5.41, 5.74) is 2.06. The average Bonchev–Trinajstić information content (AvgIpc) is 2.94. The number of carbonyl (C=O) groups is 1. The Morgan fingerprint density at radius 1 is 1.07 bits per heavy atom. The third-order valence-corrected chi connectivity index (χ3v) is 6.56. The van der Waals surface area contributed by atoms with Gasteiger partial charge in [-0.2, -0.15) is 0 Å². The van der Waals surface area contributed by atoms with Gasteiger partial charge in [-0.3, -0.25) is 9.69 Å². The van der Waals surface area contributed by atoms with Gasteiger partial charge in [-0.15, -0.1) is 0 Å². The quantitative estimate of drug-likeness (QED) is 0.684. The van der Waals surface area contributed by atoms with Crippen molar-refractivity contribution in [2.24, 2.45) is 10.8 Å². The van der Waals surface area contributed by atoms with E-state index in [1.165, 1.54) is 19.3 Å². The van der Waals surface area contributed by atoms with Crippen molar-refractivity contribution in [1.82, 2.24) is 4.90 Å². The van der Waals surface area contributed by atoms with Crippen molar-refractivity contribution in [1.29, 1.82) is 0 Å². The Morgan fingerprint density at radius 3 is 2.43 bits per heavy atom. The highest BCUT2D eigenvalue weighted by molar-refractivity contribution is 6.08. The molecule has 1 aliphatic heterocycles. The predicted molar refractivity (Wildman–Crippen MR) is 119 cm³/mol. The monoisotopic (exact) mass is 407 g/mol. The van der Waals surface area contributed by atoms with Gasteiger partial charge in [-0.1, -0.05) is 51.1 Å². The van der Waals surface area contributed by atoms with Crippen LogP contribution in [0.2, 0.25) is 0 Å². The second kappa shape index (κ2) is 8.16. The fourth-order valence-corrected chi connectivity index (χ4v) is 5.76. The van der Waals surface area contributed by atoms with Crippen molar-refractivity contribution in [3.63, 3.8) is 0 Å².